The van der Waals surface area contributed by atoms with Gasteiger partial charge in [0.15, 0.2) is 0 Å². The molecule has 0 aliphatic carbocycles. The van der Waals surface area contributed by atoms with Gasteiger partial charge in [0, 0.05) is 38.3 Å². The Morgan fingerprint density at radius 3 is 2.42 bits per heavy atom. The van der Waals surface area contributed by atoms with Crippen molar-refractivity contribution in [1.82, 2.24) is 0 Å². The molecule has 1 atom stereocenters. The molecule has 3 aromatic rings. The number of hydrogen-bond donors (Lipinski definition) is 1. The summed E-state index contributed by atoms with van der Waals surface area (Å²) < 4.78 is 1.01. The summed E-state index contributed by atoms with van der Waals surface area (Å²) >= 11 is 3.45. The van der Waals surface area contributed by atoms with Crippen LogP contribution in [0.3, 0.4) is 0 Å². The van der Waals surface area contributed by atoms with Gasteiger partial charge in [-0.05, 0) is 77.2 Å². The topological polar surface area (TPSA) is 110 Å². The molecule has 1 fully saturated rings. The molecule has 166 valence electrons. The molecule has 10 heteroatoms. The van der Waals surface area contributed by atoms with E-state index in [1.54, 1.807) is 36.4 Å². The molecule has 0 aromatic heterocycles. The third-order valence-electron chi connectivity index (χ3n) is 4.90. The predicted octanol–water partition coefficient (Wildman–Crippen LogP) is 4.88. The van der Waals surface area contributed by atoms with Gasteiger partial charge in [-0.1, -0.05) is 6.07 Å². The number of carbonyl (C=O) groups excluding carboxylic acids is 3. The molecular weight excluding hydrogens is 557 g/mol. The lowest BCUT2D eigenvalue weighted by molar-refractivity contribution is -0.384. The fourth-order valence-electron chi connectivity index (χ4n) is 3.30. The van der Waals surface area contributed by atoms with Gasteiger partial charge in [0.25, 0.3) is 11.6 Å². The Morgan fingerprint density at radius 1 is 1.06 bits per heavy atom. The Kier molecular flexibility index (Phi) is 6.75. The lowest BCUT2D eigenvalue weighted by Crippen LogP contribution is -2.31. The van der Waals surface area contributed by atoms with Gasteiger partial charge in [0.05, 0.1) is 15.9 Å². The SMILES string of the molecule is O=C(Nc1ccc(SC2CC(=O)N(c3ccc(I)cc3)C2=O)cc1)c1cccc([N+](=O)[O-])c1. The number of nitro groups is 1. The summed E-state index contributed by atoms with van der Waals surface area (Å²) in [5.41, 5.74) is 1.08. The number of rotatable bonds is 6. The van der Waals surface area contributed by atoms with Crippen molar-refractivity contribution in [3.05, 3.63) is 92.0 Å². The molecular formula is C23H16IN3O5S. The highest BCUT2D eigenvalue weighted by molar-refractivity contribution is 14.1. The molecule has 1 saturated heterocycles. The highest BCUT2D eigenvalue weighted by Gasteiger charge is 2.40. The monoisotopic (exact) mass is 573 g/mol. The van der Waals surface area contributed by atoms with Gasteiger partial charge < -0.3 is 5.32 Å². The van der Waals surface area contributed by atoms with E-state index in [1.807, 2.05) is 12.1 Å². The Morgan fingerprint density at radius 2 is 1.76 bits per heavy atom. The van der Waals surface area contributed by atoms with E-state index >= 15 is 0 Å². The van der Waals surface area contributed by atoms with E-state index in [0.29, 0.717) is 11.4 Å². The van der Waals surface area contributed by atoms with Gasteiger partial charge in [-0.2, -0.15) is 0 Å². The minimum absolute atomic E-state index is 0.112. The summed E-state index contributed by atoms with van der Waals surface area (Å²) in [6.45, 7) is 0. The minimum Gasteiger partial charge on any atom is -0.322 e. The molecule has 1 unspecified atom stereocenters. The van der Waals surface area contributed by atoms with Crippen molar-refractivity contribution in [2.45, 2.75) is 16.6 Å². The standard InChI is InChI=1S/C23H16IN3O5S/c24-15-4-8-17(9-5-15)26-21(28)13-20(23(26)30)33-19-10-6-16(7-11-19)25-22(29)14-2-1-3-18(12-14)27(31)32/h1-12,20H,13H2,(H,25,29). The maximum Gasteiger partial charge on any atom is 0.270 e. The van der Waals surface area contributed by atoms with E-state index in [4.69, 9.17) is 0 Å². The quantitative estimate of drug-likeness (QED) is 0.195. The first-order valence-corrected chi connectivity index (χ1v) is 11.7. The normalized spacial score (nSPS) is 15.5. The maximum absolute atomic E-state index is 12.8. The average molecular weight is 573 g/mol. The zero-order valence-corrected chi connectivity index (χ0v) is 19.9. The van der Waals surface area contributed by atoms with Crippen molar-refractivity contribution in [3.63, 3.8) is 0 Å². The number of amides is 3. The second-order valence-electron chi connectivity index (χ2n) is 7.14. The van der Waals surface area contributed by atoms with Gasteiger partial charge in [0.1, 0.15) is 0 Å². The summed E-state index contributed by atoms with van der Waals surface area (Å²) in [6, 6.07) is 19.5. The van der Waals surface area contributed by atoms with Crippen LogP contribution >= 0.6 is 34.4 Å². The largest absolute Gasteiger partial charge is 0.322 e. The third-order valence-corrected chi connectivity index (χ3v) is 6.82. The molecule has 1 N–H and O–H groups in total. The Balaban J connectivity index is 1.40. The molecule has 0 radical (unpaired) electrons. The molecule has 1 aliphatic rings. The average Bonchev–Trinajstić information content (AvgIpc) is 3.08. The minimum atomic E-state index is -0.558. The number of nitrogens with zero attached hydrogens (tertiary/aromatic N) is 2. The van der Waals surface area contributed by atoms with Crippen LogP contribution in [-0.4, -0.2) is 27.9 Å². The van der Waals surface area contributed by atoms with E-state index in [1.165, 1.54) is 40.9 Å². The molecule has 0 bridgehead atoms. The Labute approximate surface area is 206 Å². The number of imide groups is 1. The van der Waals surface area contributed by atoms with Gasteiger partial charge in [0.2, 0.25) is 11.8 Å². The van der Waals surface area contributed by atoms with Crippen molar-refractivity contribution in [2.75, 3.05) is 10.2 Å². The summed E-state index contributed by atoms with van der Waals surface area (Å²) in [6.07, 6.45) is 0.112. The second-order valence-corrected chi connectivity index (χ2v) is 9.66. The lowest BCUT2D eigenvalue weighted by atomic mass is 10.2. The summed E-state index contributed by atoms with van der Waals surface area (Å²) in [4.78, 5) is 50.0. The number of non-ortho nitro benzene ring substituents is 1. The first-order chi connectivity index (χ1) is 15.8. The van der Waals surface area contributed by atoms with Crippen LogP contribution in [0.5, 0.6) is 0 Å². The fourth-order valence-corrected chi connectivity index (χ4v) is 4.72. The molecule has 1 aliphatic heterocycles. The highest BCUT2D eigenvalue weighted by atomic mass is 127. The van der Waals surface area contributed by atoms with Crippen molar-refractivity contribution in [2.24, 2.45) is 0 Å². The zero-order chi connectivity index (χ0) is 23.5. The van der Waals surface area contributed by atoms with E-state index in [2.05, 4.69) is 27.9 Å². The number of nitrogens with one attached hydrogen (secondary N) is 1. The van der Waals surface area contributed by atoms with Crippen molar-refractivity contribution < 1.29 is 19.3 Å². The van der Waals surface area contributed by atoms with Crippen LogP contribution in [0.25, 0.3) is 0 Å². The van der Waals surface area contributed by atoms with Crippen LogP contribution in [0.4, 0.5) is 17.1 Å². The first kappa shape index (κ1) is 22.9. The number of halogens is 1. The summed E-state index contributed by atoms with van der Waals surface area (Å²) in [7, 11) is 0. The molecule has 3 aromatic carbocycles. The molecule has 1 heterocycles. The van der Waals surface area contributed by atoms with Gasteiger partial charge in [-0.25, -0.2) is 4.90 Å². The van der Waals surface area contributed by atoms with Crippen LogP contribution in [-0.2, 0) is 9.59 Å². The summed E-state index contributed by atoms with van der Waals surface area (Å²) in [5.74, 6) is -0.961. The maximum atomic E-state index is 12.8. The smallest absolute Gasteiger partial charge is 0.270 e. The van der Waals surface area contributed by atoms with Crippen molar-refractivity contribution in [3.8, 4) is 0 Å². The van der Waals surface area contributed by atoms with Crippen LogP contribution < -0.4 is 10.2 Å². The number of benzene rings is 3. The Bertz CT molecular complexity index is 1250. The third kappa shape index (κ3) is 5.22. The van der Waals surface area contributed by atoms with Gasteiger partial charge in [-0.3, -0.25) is 24.5 Å². The van der Waals surface area contributed by atoms with E-state index in [0.717, 1.165) is 8.47 Å². The fraction of sp³-hybridized carbons (Fsp3) is 0.0870. The van der Waals surface area contributed by atoms with Crippen LogP contribution in [0, 0.1) is 13.7 Å². The number of thioether (sulfide) groups is 1. The van der Waals surface area contributed by atoms with Crippen molar-refractivity contribution >= 4 is 69.1 Å². The summed E-state index contributed by atoms with van der Waals surface area (Å²) in [5, 5.41) is 13.1. The molecule has 33 heavy (non-hydrogen) atoms. The molecule has 8 nitrogen and oxygen atoms in total. The Hall–Kier alpha value is -3.25. The van der Waals surface area contributed by atoms with Crippen LogP contribution in [0.15, 0.2) is 77.7 Å². The van der Waals surface area contributed by atoms with Crippen LogP contribution in [0.1, 0.15) is 16.8 Å². The number of carbonyl (C=O) groups is 3. The van der Waals surface area contributed by atoms with E-state index in [-0.39, 0.29) is 29.5 Å². The number of hydrogen-bond acceptors (Lipinski definition) is 6. The second kappa shape index (κ2) is 9.71. The number of anilines is 2. The van der Waals surface area contributed by atoms with E-state index < -0.39 is 16.1 Å². The molecule has 4 rings (SSSR count). The zero-order valence-electron chi connectivity index (χ0n) is 16.9. The highest BCUT2D eigenvalue weighted by Crippen LogP contribution is 2.34. The number of nitro benzene ring substituents is 1. The van der Waals surface area contributed by atoms with Crippen molar-refractivity contribution in [1.29, 1.82) is 0 Å². The first-order valence-electron chi connectivity index (χ1n) is 9.77. The predicted molar refractivity (Wildman–Crippen MR) is 133 cm³/mol. The van der Waals surface area contributed by atoms with Gasteiger partial charge in [-0.15, -0.1) is 11.8 Å². The molecule has 3 amide bonds. The molecule has 0 spiro atoms. The lowest BCUT2D eigenvalue weighted by Gasteiger charge is -2.15. The van der Waals surface area contributed by atoms with Gasteiger partial charge >= 0.3 is 0 Å². The van der Waals surface area contributed by atoms with Crippen LogP contribution in [0.2, 0.25) is 0 Å². The van der Waals surface area contributed by atoms with E-state index in [9.17, 15) is 24.5 Å². The molecule has 0 saturated carbocycles.